The maximum Gasteiger partial charge on any atom is 0.254 e. The molecule has 5 heteroatoms. The van der Waals surface area contributed by atoms with Gasteiger partial charge in [0.15, 0.2) is 0 Å². The van der Waals surface area contributed by atoms with Crippen LogP contribution < -0.4 is 10.1 Å². The fraction of sp³-hybridized carbons (Fsp3) is 0.188. The highest BCUT2D eigenvalue weighted by atomic mass is 19.1. The standard InChI is InChI=1S/C16H16FNO3/c1-21-12-8-6-11(7-9-12)15(19)10-18-16(20)13-4-2-3-5-14(13)17/h2-9,15,19H,10H2,1H3,(H,18,20)/t15-/m0/s1. The van der Waals surface area contributed by atoms with Crippen LogP contribution in [0.1, 0.15) is 22.0 Å². The number of halogens is 1. The smallest absolute Gasteiger partial charge is 0.254 e. The highest BCUT2D eigenvalue weighted by Crippen LogP contribution is 2.17. The van der Waals surface area contributed by atoms with E-state index in [0.717, 1.165) is 0 Å². The first-order chi connectivity index (χ1) is 10.1. The summed E-state index contributed by atoms with van der Waals surface area (Å²) in [5.74, 6) is -0.462. The van der Waals surface area contributed by atoms with Crippen molar-refractivity contribution in [3.63, 3.8) is 0 Å². The number of methoxy groups -OCH3 is 1. The predicted octanol–water partition coefficient (Wildman–Crippen LogP) is 2.30. The van der Waals surface area contributed by atoms with Gasteiger partial charge in [-0.1, -0.05) is 24.3 Å². The van der Waals surface area contributed by atoms with Crippen LogP contribution in [0.2, 0.25) is 0 Å². The molecule has 0 aliphatic carbocycles. The minimum Gasteiger partial charge on any atom is -0.497 e. The third kappa shape index (κ3) is 3.79. The quantitative estimate of drug-likeness (QED) is 0.888. The number of hydrogen-bond acceptors (Lipinski definition) is 3. The lowest BCUT2D eigenvalue weighted by Gasteiger charge is -2.13. The average molecular weight is 289 g/mol. The minimum atomic E-state index is -0.869. The Bertz CT molecular complexity index is 613. The maximum absolute atomic E-state index is 13.4. The van der Waals surface area contributed by atoms with Crippen LogP contribution in [0.5, 0.6) is 5.75 Å². The molecule has 0 spiro atoms. The van der Waals surface area contributed by atoms with Gasteiger partial charge in [-0.05, 0) is 29.8 Å². The Hall–Kier alpha value is -2.40. The van der Waals surface area contributed by atoms with Crippen LogP contribution in [0.15, 0.2) is 48.5 Å². The molecule has 0 unspecified atom stereocenters. The summed E-state index contributed by atoms with van der Waals surface area (Å²) in [6.07, 6.45) is -0.869. The Kier molecular flexibility index (Phi) is 4.90. The third-order valence-electron chi connectivity index (χ3n) is 3.08. The normalized spacial score (nSPS) is 11.8. The molecule has 21 heavy (non-hydrogen) atoms. The van der Waals surface area contributed by atoms with Gasteiger partial charge in [0.1, 0.15) is 11.6 Å². The zero-order valence-corrected chi connectivity index (χ0v) is 11.5. The van der Waals surface area contributed by atoms with E-state index in [1.54, 1.807) is 37.4 Å². The van der Waals surface area contributed by atoms with Crippen molar-refractivity contribution in [2.24, 2.45) is 0 Å². The molecule has 0 saturated heterocycles. The number of rotatable bonds is 5. The van der Waals surface area contributed by atoms with E-state index in [9.17, 15) is 14.3 Å². The fourth-order valence-corrected chi connectivity index (χ4v) is 1.87. The molecule has 0 aromatic heterocycles. The molecule has 0 aliphatic heterocycles. The largest absolute Gasteiger partial charge is 0.497 e. The third-order valence-corrected chi connectivity index (χ3v) is 3.08. The second-order valence-corrected chi connectivity index (χ2v) is 4.48. The summed E-state index contributed by atoms with van der Waals surface area (Å²) in [6.45, 7) is -0.000500. The van der Waals surface area contributed by atoms with Crippen molar-refractivity contribution < 1.29 is 19.0 Å². The molecule has 2 aromatic rings. The van der Waals surface area contributed by atoms with Gasteiger partial charge < -0.3 is 15.2 Å². The summed E-state index contributed by atoms with van der Waals surface area (Å²) in [7, 11) is 1.56. The van der Waals surface area contributed by atoms with Crippen molar-refractivity contribution in [2.75, 3.05) is 13.7 Å². The number of hydrogen-bond donors (Lipinski definition) is 2. The first kappa shape index (κ1) is 15.0. The van der Waals surface area contributed by atoms with Gasteiger partial charge in [-0.3, -0.25) is 4.79 Å². The van der Waals surface area contributed by atoms with E-state index in [0.29, 0.717) is 11.3 Å². The summed E-state index contributed by atoms with van der Waals surface area (Å²) >= 11 is 0. The highest BCUT2D eigenvalue weighted by Gasteiger charge is 2.13. The van der Waals surface area contributed by atoms with Crippen molar-refractivity contribution in [3.8, 4) is 5.75 Å². The van der Waals surface area contributed by atoms with Gasteiger partial charge in [0.2, 0.25) is 0 Å². The van der Waals surface area contributed by atoms with Gasteiger partial charge in [0.25, 0.3) is 5.91 Å². The first-order valence-corrected chi connectivity index (χ1v) is 6.46. The van der Waals surface area contributed by atoms with Gasteiger partial charge in [-0.2, -0.15) is 0 Å². The Morgan fingerprint density at radius 3 is 2.52 bits per heavy atom. The lowest BCUT2D eigenvalue weighted by atomic mass is 10.1. The monoisotopic (exact) mass is 289 g/mol. The second-order valence-electron chi connectivity index (χ2n) is 4.48. The zero-order chi connectivity index (χ0) is 15.2. The van der Waals surface area contributed by atoms with E-state index in [1.807, 2.05) is 0 Å². The minimum absolute atomic E-state index is 0.000500. The number of ether oxygens (including phenoxy) is 1. The van der Waals surface area contributed by atoms with Gasteiger partial charge in [-0.15, -0.1) is 0 Å². The molecule has 4 nitrogen and oxygen atoms in total. The van der Waals surface area contributed by atoms with Crippen molar-refractivity contribution in [1.29, 1.82) is 0 Å². The average Bonchev–Trinajstić information content (AvgIpc) is 2.52. The number of benzene rings is 2. The topological polar surface area (TPSA) is 58.6 Å². The molecule has 110 valence electrons. The van der Waals surface area contributed by atoms with Gasteiger partial charge >= 0.3 is 0 Å². The van der Waals surface area contributed by atoms with Crippen molar-refractivity contribution in [3.05, 3.63) is 65.5 Å². The Labute approximate surface area is 122 Å². The first-order valence-electron chi connectivity index (χ1n) is 6.46. The molecule has 2 N–H and O–H groups in total. The number of carbonyl (C=O) groups is 1. The molecule has 1 amide bonds. The summed E-state index contributed by atoms with van der Waals surface area (Å²) in [4.78, 5) is 11.8. The number of amides is 1. The number of carbonyl (C=O) groups excluding carboxylic acids is 1. The van der Waals surface area contributed by atoms with Gasteiger partial charge in [-0.25, -0.2) is 4.39 Å². The lowest BCUT2D eigenvalue weighted by Crippen LogP contribution is -2.29. The summed E-state index contributed by atoms with van der Waals surface area (Å²) in [5.41, 5.74) is 0.601. The number of nitrogens with one attached hydrogen (secondary N) is 1. The maximum atomic E-state index is 13.4. The van der Waals surface area contributed by atoms with Gasteiger partial charge in [0.05, 0.1) is 18.8 Å². The zero-order valence-electron chi connectivity index (χ0n) is 11.5. The molecule has 0 bridgehead atoms. The Morgan fingerprint density at radius 1 is 1.24 bits per heavy atom. The molecule has 0 aliphatic rings. The lowest BCUT2D eigenvalue weighted by molar-refractivity contribution is 0.0912. The van der Waals surface area contributed by atoms with Crippen LogP contribution in [0.3, 0.4) is 0 Å². The number of aliphatic hydroxyl groups excluding tert-OH is 1. The second kappa shape index (κ2) is 6.85. The van der Waals surface area contributed by atoms with E-state index in [2.05, 4.69) is 5.32 Å². The van der Waals surface area contributed by atoms with E-state index in [1.165, 1.54) is 18.2 Å². The molecular weight excluding hydrogens is 273 g/mol. The van der Waals surface area contributed by atoms with E-state index >= 15 is 0 Å². The molecule has 0 saturated carbocycles. The summed E-state index contributed by atoms with van der Waals surface area (Å²) in [6, 6.07) is 12.6. The fourth-order valence-electron chi connectivity index (χ4n) is 1.87. The van der Waals surface area contributed by atoms with Crippen LogP contribution in [-0.4, -0.2) is 24.7 Å². The van der Waals surface area contributed by atoms with Crippen molar-refractivity contribution in [2.45, 2.75) is 6.10 Å². The molecule has 2 rings (SSSR count). The highest BCUT2D eigenvalue weighted by molar-refractivity contribution is 5.94. The van der Waals surface area contributed by atoms with E-state index in [-0.39, 0.29) is 12.1 Å². The molecular formula is C16H16FNO3. The Balaban J connectivity index is 1.95. The molecule has 0 heterocycles. The van der Waals surface area contributed by atoms with E-state index < -0.39 is 17.8 Å². The van der Waals surface area contributed by atoms with Crippen LogP contribution in [-0.2, 0) is 0 Å². The predicted molar refractivity (Wildman–Crippen MR) is 76.7 cm³/mol. The molecule has 0 fully saturated rings. The van der Waals surface area contributed by atoms with Crippen molar-refractivity contribution in [1.82, 2.24) is 5.32 Å². The van der Waals surface area contributed by atoms with Crippen LogP contribution >= 0.6 is 0 Å². The van der Waals surface area contributed by atoms with Crippen LogP contribution in [0.4, 0.5) is 4.39 Å². The molecule has 2 aromatic carbocycles. The van der Waals surface area contributed by atoms with Crippen LogP contribution in [0.25, 0.3) is 0 Å². The number of aliphatic hydroxyl groups is 1. The summed E-state index contributed by atoms with van der Waals surface area (Å²) in [5, 5.41) is 12.5. The van der Waals surface area contributed by atoms with E-state index in [4.69, 9.17) is 4.74 Å². The summed E-state index contributed by atoms with van der Waals surface area (Å²) < 4.78 is 18.5. The molecule has 1 atom stereocenters. The SMILES string of the molecule is COc1ccc([C@@H](O)CNC(=O)c2ccccc2F)cc1. The molecule has 0 radical (unpaired) electrons. The Morgan fingerprint density at radius 2 is 1.90 bits per heavy atom. The van der Waals surface area contributed by atoms with Crippen molar-refractivity contribution >= 4 is 5.91 Å². The van der Waals surface area contributed by atoms with Crippen LogP contribution in [0, 0.1) is 5.82 Å². The van der Waals surface area contributed by atoms with Gasteiger partial charge in [0, 0.05) is 6.54 Å².